The van der Waals surface area contributed by atoms with Gasteiger partial charge in [0.05, 0.1) is 0 Å². The first-order chi connectivity index (χ1) is 7.16. The molecule has 0 aliphatic carbocycles. The summed E-state index contributed by atoms with van der Waals surface area (Å²) in [6.45, 7) is 4.50. The Balaban J connectivity index is 4.00. The Kier molecular flexibility index (Phi) is 6.33. The number of sulfone groups is 1. The van der Waals surface area contributed by atoms with Crippen LogP contribution in [-0.2, 0) is 14.6 Å². The zero-order valence-electron chi connectivity index (χ0n) is 10.0. The van der Waals surface area contributed by atoms with Crippen LogP contribution in [0.3, 0.4) is 0 Å². The fourth-order valence-corrected chi connectivity index (χ4v) is 1.97. The molecule has 0 aromatic heterocycles. The average molecular weight is 270 g/mol. The zero-order valence-corrected chi connectivity index (χ0v) is 11.6. The number of halogens is 1. The van der Waals surface area contributed by atoms with E-state index in [0.717, 1.165) is 19.1 Å². The lowest BCUT2D eigenvalue weighted by atomic mass is 9.88. The maximum atomic E-state index is 11.3. The van der Waals surface area contributed by atoms with E-state index in [0.29, 0.717) is 12.4 Å². The van der Waals surface area contributed by atoms with E-state index >= 15 is 0 Å². The molecule has 0 aliphatic heterocycles. The van der Waals surface area contributed by atoms with Gasteiger partial charge in [0.1, 0.15) is 5.75 Å². The molecule has 0 aromatic carbocycles. The minimum atomic E-state index is -3.24. The molecule has 0 unspecified atom stereocenters. The summed E-state index contributed by atoms with van der Waals surface area (Å²) in [6.07, 6.45) is 2.83. The molecule has 0 spiro atoms. The van der Waals surface area contributed by atoms with Gasteiger partial charge < -0.3 is 5.32 Å². The lowest BCUT2D eigenvalue weighted by Gasteiger charge is -2.24. The Morgan fingerprint density at radius 1 is 1.38 bits per heavy atom. The molecule has 0 fully saturated rings. The standard InChI is InChI=1S/C10H20ClNO3S/c1-10(2,5-4-6-11)8-12-9(13)7-16(3,14)15/h4-8H2,1-3H3,(H,12,13). The highest BCUT2D eigenvalue weighted by atomic mass is 35.5. The molecule has 0 radical (unpaired) electrons. The van der Waals surface area contributed by atoms with Gasteiger partial charge in [0, 0.05) is 18.7 Å². The molecule has 0 atom stereocenters. The van der Waals surface area contributed by atoms with Crippen molar-refractivity contribution in [1.29, 1.82) is 0 Å². The summed E-state index contributed by atoms with van der Waals surface area (Å²) in [5.74, 6) is -0.291. The number of carbonyl (C=O) groups is 1. The number of amides is 1. The van der Waals surface area contributed by atoms with Crippen LogP contribution < -0.4 is 5.32 Å². The Bertz CT molecular complexity index is 325. The highest BCUT2D eigenvalue weighted by molar-refractivity contribution is 7.91. The van der Waals surface area contributed by atoms with Gasteiger partial charge in [-0.3, -0.25) is 4.79 Å². The fourth-order valence-electron chi connectivity index (χ4n) is 1.26. The van der Waals surface area contributed by atoms with Gasteiger partial charge in [-0.05, 0) is 18.3 Å². The summed E-state index contributed by atoms with van der Waals surface area (Å²) >= 11 is 5.59. The highest BCUT2D eigenvalue weighted by Crippen LogP contribution is 2.21. The SMILES string of the molecule is CC(C)(CCCCl)CNC(=O)CS(C)(=O)=O. The number of hydrogen-bond acceptors (Lipinski definition) is 3. The molecular formula is C10H20ClNO3S. The van der Waals surface area contributed by atoms with Crippen molar-refractivity contribution < 1.29 is 13.2 Å². The van der Waals surface area contributed by atoms with Crippen LogP contribution >= 0.6 is 11.6 Å². The molecule has 0 aliphatic rings. The van der Waals surface area contributed by atoms with Crippen molar-refractivity contribution in [3.63, 3.8) is 0 Å². The van der Waals surface area contributed by atoms with E-state index < -0.39 is 21.5 Å². The maximum absolute atomic E-state index is 11.3. The van der Waals surface area contributed by atoms with Crippen LogP contribution in [0, 0.1) is 5.41 Å². The van der Waals surface area contributed by atoms with E-state index in [-0.39, 0.29) is 5.41 Å². The van der Waals surface area contributed by atoms with Crippen LogP contribution in [0.4, 0.5) is 0 Å². The molecule has 1 amide bonds. The molecule has 0 bridgehead atoms. The molecule has 96 valence electrons. The van der Waals surface area contributed by atoms with E-state index in [9.17, 15) is 13.2 Å². The van der Waals surface area contributed by atoms with Crippen molar-refractivity contribution in [3.8, 4) is 0 Å². The van der Waals surface area contributed by atoms with Crippen molar-refractivity contribution in [2.45, 2.75) is 26.7 Å². The highest BCUT2D eigenvalue weighted by Gasteiger charge is 2.19. The van der Waals surface area contributed by atoms with Crippen LogP contribution in [0.5, 0.6) is 0 Å². The largest absolute Gasteiger partial charge is 0.355 e. The summed E-state index contributed by atoms with van der Waals surface area (Å²) in [7, 11) is -3.24. The van der Waals surface area contributed by atoms with E-state index in [1.807, 2.05) is 13.8 Å². The average Bonchev–Trinajstić information content (AvgIpc) is 2.09. The normalized spacial score (nSPS) is 12.5. The first kappa shape index (κ1) is 15.7. The number of alkyl halides is 1. The van der Waals surface area contributed by atoms with Crippen LogP contribution in [0.1, 0.15) is 26.7 Å². The van der Waals surface area contributed by atoms with Crippen molar-refractivity contribution in [1.82, 2.24) is 5.32 Å². The predicted octanol–water partition coefficient (Wildman–Crippen LogP) is 1.19. The summed E-state index contributed by atoms with van der Waals surface area (Å²) < 4.78 is 21.7. The van der Waals surface area contributed by atoms with Crippen LogP contribution in [-0.4, -0.2) is 38.8 Å². The third-order valence-corrected chi connectivity index (χ3v) is 3.20. The van der Waals surface area contributed by atoms with E-state index in [1.54, 1.807) is 0 Å². The van der Waals surface area contributed by atoms with Gasteiger partial charge in [0.15, 0.2) is 9.84 Å². The first-order valence-corrected chi connectivity index (χ1v) is 7.76. The predicted molar refractivity (Wildman–Crippen MR) is 66.5 cm³/mol. The van der Waals surface area contributed by atoms with Gasteiger partial charge in [-0.25, -0.2) is 8.42 Å². The smallest absolute Gasteiger partial charge is 0.235 e. The van der Waals surface area contributed by atoms with E-state index in [4.69, 9.17) is 11.6 Å². The van der Waals surface area contributed by atoms with Gasteiger partial charge >= 0.3 is 0 Å². The maximum Gasteiger partial charge on any atom is 0.235 e. The second kappa shape index (κ2) is 6.45. The summed E-state index contributed by atoms with van der Waals surface area (Å²) in [4.78, 5) is 11.3. The molecule has 6 heteroatoms. The molecule has 4 nitrogen and oxygen atoms in total. The molecular weight excluding hydrogens is 250 g/mol. The van der Waals surface area contributed by atoms with Crippen molar-refractivity contribution >= 4 is 27.3 Å². The van der Waals surface area contributed by atoms with Crippen molar-refractivity contribution in [2.75, 3.05) is 24.4 Å². The van der Waals surface area contributed by atoms with Crippen LogP contribution in [0.2, 0.25) is 0 Å². The topological polar surface area (TPSA) is 63.2 Å². The minimum absolute atomic E-state index is 0.0535. The Morgan fingerprint density at radius 2 is 1.94 bits per heavy atom. The third-order valence-electron chi connectivity index (χ3n) is 2.14. The zero-order chi connectivity index (χ0) is 12.8. The Labute approximate surface area is 103 Å². The molecule has 1 N–H and O–H groups in total. The number of carbonyl (C=O) groups excluding carboxylic acids is 1. The summed E-state index contributed by atoms with van der Waals surface area (Å²) in [5.41, 5.74) is -0.0535. The Hall–Kier alpha value is -0.290. The second-order valence-electron chi connectivity index (χ2n) is 4.80. The monoisotopic (exact) mass is 269 g/mol. The quantitative estimate of drug-likeness (QED) is 0.706. The van der Waals surface area contributed by atoms with Gasteiger partial charge in [-0.2, -0.15) is 0 Å². The number of hydrogen-bond donors (Lipinski definition) is 1. The van der Waals surface area contributed by atoms with Gasteiger partial charge in [-0.1, -0.05) is 13.8 Å². The summed E-state index contributed by atoms with van der Waals surface area (Å²) in [5, 5.41) is 2.63. The van der Waals surface area contributed by atoms with Gasteiger partial charge in [-0.15, -0.1) is 11.6 Å². The third kappa shape index (κ3) is 8.97. The molecule has 0 heterocycles. The van der Waals surface area contributed by atoms with E-state index in [1.165, 1.54) is 0 Å². The van der Waals surface area contributed by atoms with E-state index in [2.05, 4.69) is 5.32 Å². The van der Waals surface area contributed by atoms with Gasteiger partial charge in [0.25, 0.3) is 0 Å². The van der Waals surface area contributed by atoms with Crippen LogP contribution in [0.15, 0.2) is 0 Å². The molecule has 0 rings (SSSR count). The second-order valence-corrected chi connectivity index (χ2v) is 7.32. The van der Waals surface area contributed by atoms with Crippen molar-refractivity contribution in [3.05, 3.63) is 0 Å². The molecule has 0 aromatic rings. The number of nitrogens with one attached hydrogen (secondary N) is 1. The summed E-state index contributed by atoms with van der Waals surface area (Å²) in [6, 6.07) is 0. The molecule has 16 heavy (non-hydrogen) atoms. The molecule has 0 saturated heterocycles. The van der Waals surface area contributed by atoms with Gasteiger partial charge in [0.2, 0.25) is 5.91 Å². The van der Waals surface area contributed by atoms with Crippen LogP contribution in [0.25, 0.3) is 0 Å². The molecule has 0 saturated carbocycles. The first-order valence-electron chi connectivity index (χ1n) is 5.17. The fraction of sp³-hybridized carbons (Fsp3) is 0.900. The number of rotatable bonds is 7. The van der Waals surface area contributed by atoms with Crippen molar-refractivity contribution in [2.24, 2.45) is 5.41 Å². The Morgan fingerprint density at radius 3 is 2.38 bits per heavy atom. The lowest BCUT2D eigenvalue weighted by molar-refractivity contribution is -0.119. The lowest BCUT2D eigenvalue weighted by Crippen LogP contribution is -2.37. The minimum Gasteiger partial charge on any atom is -0.355 e.